The molecular formula is C11H12F4N2O3S. The number of nitrogens with one attached hydrogen (secondary N) is 1. The van der Waals surface area contributed by atoms with E-state index in [0.29, 0.717) is 0 Å². The van der Waals surface area contributed by atoms with E-state index in [4.69, 9.17) is 0 Å². The van der Waals surface area contributed by atoms with Gasteiger partial charge < -0.3 is 4.84 Å². The highest BCUT2D eigenvalue weighted by molar-refractivity contribution is 7.93. The molecule has 0 saturated carbocycles. The molecule has 1 rings (SSSR count). The lowest BCUT2D eigenvalue weighted by Crippen LogP contribution is -2.30. The van der Waals surface area contributed by atoms with Gasteiger partial charge in [0.05, 0.1) is 11.4 Å². The third-order valence-corrected chi connectivity index (χ3v) is 3.33. The van der Waals surface area contributed by atoms with Crippen molar-refractivity contribution in [1.29, 1.82) is 0 Å². The Hall–Kier alpha value is -1.84. The number of nitrogens with zero attached hydrogens (tertiary/aromatic N) is 1. The first-order valence-electron chi connectivity index (χ1n) is 5.60. The molecule has 0 fully saturated rings. The summed E-state index contributed by atoms with van der Waals surface area (Å²) < 4.78 is 72.6. The van der Waals surface area contributed by atoms with Crippen LogP contribution in [0.1, 0.15) is 12.5 Å². The molecule has 0 aromatic heterocycles. The SMILES string of the molecule is CC(=NOCCF)c1ccccc1NS(=O)(=O)C(F)(F)F. The van der Waals surface area contributed by atoms with E-state index in [1.54, 1.807) is 0 Å². The van der Waals surface area contributed by atoms with Gasteiger partial charge in [-0.1, -0.05) is 23.4 Å². The summed E-state index contributed by atoms with van der Waals surface area (Å²) in [6.07, 6.45) is 0. The minimum absolute atomic E-state index is 0.0872. The lowest BCUT2D eigenvalue weighted by Gasteiger charge is -2.13. The molecule has 0 aliphatic carbocycles. The van der Waals surface area contributed by atoms with Crippen molar-refractivity contribution in [3.63, 3.8) is 0 Å². The molecule has 0 aliphatic rings. The van der Waals surface area contributed by atoms with Crippen LogP contribution in [0.2, 0.25) is 0 Å². The maximum atomic E-state index is 12.4. The number of sulfonamides is 1. The number of para-hydroxylation sites is 1. The summed E-state index contributed by atoms with van der Waals surface area (Å²) in [6.45, 7) is 0.297. The minimum Gasteiger partial charge on any atom is -0.393 e. The van der Waals surface area contributed by atoms with Gasteiger partial charge in [0.2, 0.25) is 0 Å². The van der Waals surface area contributed by atoms with Gasteiger partial charge in [0.25, 0.3) is 0 Å². The van der Waals surface area contributed by atoms with Gasteiger partial charge in [-0.05, 0) is 13.0 Å². The Balaban J connectivity index is 3.09. The molecule has 0 radical (unpaired) electrons. The second kappa shape index (κ2) is 6.74. The predicted octanol–water partition coefficient (Wildman–Crippen LogP) is 2.66. The average Bonchev–Trinajstić information content (AvgIpc) is 2.37. The molecule has 21 heavy (non-hydrogen) atoms. The Morgan fingerprint density at radius 2 is 1.95 bits per heavy atom. The van der Waals surface area contributed by atoms with Crippen LogP contribution in [0.15, 0.2) is 29.4 Å². The van der Waals surface area contributed by atoms with Crippen molar-refractivity contribution in [2.45, 2.75) is 12.4 Å². The normalized spacial score (nSPS) is 13.1. The standard InChI is InChI=1S/C11H12F4N2O3S/c1-8(16-20-7-6-12)9-4-2-3-5-10(9)17-21(18,19)11(13,14)15/h2-5,17H,6-7H2,1H3. The van der Waals surface area contributed by atoms with Crippen molar-refractivity contribution in [1.82, 2.24) is 0 Å². The molecule has 0 saturated heterocycles. The quantitative estimate of drug-likeness (QED) is 0.378. The van der Waals surface area contributed by atoms with Gasteiger partial charge in [-0.25, -0.2) is 4.39 Å². The van der Waals surface area contributed by atoms with E-state index in [2.05, 4.69) is 9.99 Å². The van der Waals surface area contributed by atoms with Crippen LogP contribution in [-0.2, 0) is 14.9 Å². The number of benzene rings is 1. The van der Waals surface area contributed by atoms with Gasteiger partial charge in [0.1, 0.15) is 13.3 Å². The Morgan fingerprint density at radius 3 is 2.52 bits per heavy atom. The lowest BCUT2D eigenvalue weighted by atomic mass is 10.1. The monoisotopic (exact) mass is 328 g/mol. The van der Waals surface area contributed by atoms with Crippen LogP contribution in [0, 0.1) is 0 Å². The molecule has 0 spiro atoms. The Bertz CT molecular complexity index is 614. The van der Waals surface area contributed by atoms with Crippen molar-refractivity contribution < 1.29 is 30.8 Å². The predicted molar refractivity (Wildman–Crippen MR) is 69.2 cm³/mol. The minimum atomic E-state index is -5.54. The summed E-state index contributed by atoms with van der Waals surface area (Å²) in [7, 11) is -5.54. The summed E-state index contributed by atoms with van der Waals surface area (Å²) in [4.78, 5) is 4.56. The number of hydrogen-bond donors (Lipinski definition) is 1. The van der Waals surface area contributed by atoms with Gasteiger partial charge in [0, 0.05) is 5.56 Å². The molecule has 118 valence electrons. The molecule has 1 aromatic rings. The maximum absolute atomic E-state index is 12.4. The Labute approximate surface area is 118 Å². The van der Waals surface area contributed by atoms with Gasteiger partial charge >= 0.3 is 15.5 Å². The highest BCUT2D eigenvalue weighted by Crippen LogP contribution is 2.27. The molecule has 0 unspecified atom stereocenters. The molecule has 0 heterocycles. The first-order chi connectivity index (χ1) is 9.69. The molecule has 10 heteroatoms. The molecule has 0 aliphatic heterocycles. The van der Waals surface area contributed by atoms with Crippen LogP contribution < -0.4 is 4.72 Å². The number of rotatable bonds is 6. The molecule has 1 aromatic carbocycles. The first kappa shape index (κ1) is 17.2. The van der Waals surface area contributed by atoms with E-state index in [-0.39, 0.29) is 23.6 Å². The topological polar surface area (TPSA) is 67.8 Å². The summed E-state index contributed by atoms with van der Waals surface area (Å²) in [5.41, 5.74) is -5.55. The van der Waals surface area contributed by atoms with Gasteiger partial charge in [-0.3, -0.25) is 4.72 Å². The zero-order valence-electron chi connectivity index (χ0n) is 10.8. The van der Waals surface area contributed by atoms with Crippen molar-refractivity contribution >= 4 is 21.4 Å². The second-order valence-electron chi connectivity index (χ2n) is 3.80. The van der Waals surface area contributed by atoms with Crippen LogP contribution >= 0.6 is 0 Å². The van der Waals surface area contributed by atoms with Crippen molar-refractivity contribution in [2.75, 3.05) is 18.0 Å². The fourth-order valence-electron chi connectivity index (χ4n) is 1.32. The summed E-state index contributed by atoms with van der Waals surface area (Å²) in [5, 5.41) is 3.50. The summed E-state index contributed by atoms with van der Waals surface area (Å²) in [5.74, 6) is 0. The Kier molecular flexibility index (Phi) is 5.53. The summed E-state index contributed by atoms with van der Waals surface area (Å²) >= 11 is 0. The Morgan fingerprint density at radius 1 is 1.33 bits per heavy atom. The molecule has 0 amide bonds. The van der Waals surface area contributed by atoms with Crippen LogP contribution in [0.5, 0.6) is 0 Å². The lowest BCUT2D eigenvalue weighted by molar-refractivity contribution is -0.0429. The zero-order valence-corrected chi connectivity index (χ0v) is 11.6. The molecule has 0 bridgehead atoms. The van der Waals surface area contributed by atoms with Crippen LogP contribution in [0.3, 0.4) is 0 Å². The van der Waals surface area contributed by atoms with Crippen LogP contribution in [0.25, 0.3) is 0 Å². The van der Waals surface area contributed by atoms with Crippen LogP contribution in [0.4, 0.5) is 23.2 Å². The number of hydrogen-bond acceptors (Lipinski definition) is 4. The third-order valence-electron chi connectivity index (χ3n) is 2.24. The van der Waals surface area contributed by atoms with E-state index in [1.165, 1.54) is 29.8 Å². The number of halogens is 4. The van der Waals surface area contributed by atoms with E-state index in [1.807, 2.05) is 0 Å². The van der Waals surface area contributed by atoms with E-state index >= 15 is 0 Å². The second-order valence-corrected chi connectivity index (χ2v) is 5.47. The van der Waals surface area contributed by atoms with E-state index < -0.39 is 22.2 Å². The van der Waals surface area contributed by atoms with Crippen molar-refractivity contribution in [3.8, 4) is 0 Å². The first-order valence-corrected chi connectivity index (χ1v) is 7.08. The third kappa shape index (κ3) is 4.59. The number of anilines is 1. The number of oxime groups is 1. The van der Waals surface area contributed by atoms with E-state index in [0.717, 1.165) is 6.07 Å². The van der Waals surface area contributed by atoms with Crippen LogP contribution in [-0.4, -0.2) is 32.9 Å². The highest BCUT2D eigenvalue weighted by atomic mass is 32.2. The zero-order chi connectivity index (χ0) is 16.1. The largest absolute Gasteiger partial charge is 0.516 e. The van der Waals surface area contributed by atoms with Gasteiger partial charge in [-0.2, -0.15) is 21.6 Å². The highest BCUT2D eigenvalue weighted by Gasteiger charge is 2.46. The number of alkyl halides is 4. The van der Waals surface area contributed by atoms with Crippen molar-refractivity contribution in [2.24, 2.45) is 5.16 Å². The summed E-state index contributed by atoms with van der Waals surface area (Å²) in [6, 6.07) is 5.33. The fourth-order valence-corrected chi connectivity index (χ4v) is 1.90. The fraction of sp³-hybridized carbons (Fsp3) is 0.364. The van der Waals surface area contributed by atoms with E-state index in [9.17, 15) is 26.0 Å². The van der Waals surface area contributed by atoms with Gasteiger partial charge in [0.15, 0.2) is 0 Å². The maximum Gasteiger partial charge on any atom is 0.516 e. The van der Waals surface area contributed by atoms with Gasteiger partial charge in [-0.15, -0.1) is 0 Å². The molecule has 5 nitrogen and oxygen atoms in total. The molecular weight excluding hydrogens is 316 g/mol. The van der Waals surface area contributed by atoms with Crippen molar-refractivity contribution in [3.05, 3.63) is 29.8 Å². The average molecular weight is 328 g/mol. The molecule has 0 atom stereocenters. The smallest absolute Gasteiger partial charge is 0.393 e. The molecule has 1 N–H and O–H groups in total.